The van der Waals surface area contributed by atoms with Crippen molar-refractivity contribution in [3.8, 4) is 6.07 Å². The van der Waals surface area contributed by atoms with Crippen molar-refractivity contribution in [1.29, 1.82) is 5.26 Å². The summed E-state index contributed by atoms with van der Waals surface area (Å²) in [5, 5.41) is 17.5. The minimum Gasteiger partial charge on any atom is -0.478 e. The van der Waals surface area contributed by atoms with Crippen molar-refractivity contribution in [3.05, 3.63) is 29.3 Å². The quantitative estimate of drug-likeness (QED) is 0.810. The van der Waals surface area contributed by atoms with E-state index in [0.29, 0.717) is 5.56 Å². The molecule has 1 aromatic carbocycles. The Hall–Kier alpha value is -2.02. The Labute approximate surface area is 88.4 Å². The predicted octanol–water partition coefficient (Wildman–Crippen LogP) is 1.52. The van der Waals surface area contributed by atoms with E-state index in [2.05, 4.69) is 0 Å². The van der Waals surface area contributed by atoms with Gasteiger partial charge < -0.3 is 10.0 Å². The van der Waals surface area contributed by atoms with Crippen LogP contribution in [0.4, 0.5) is 5.69 Å². The van der Waals surface area contributed by atoms with Crippen LogP contribution in [0, 0.1) is 11.3 Å². The van der Waals surface area contributed by atoms with E-state index in [1.807, 2.05) is 25.1 Å². The van der Waals surface area contributed by atoms with Crippen molar-refractivity contribution < 1.29 is 9.90 Å². The van der Waals surface area contributed by atoms with Gasteiger partial charge in [-0.05, 0) is 17.7 Å². The molecule has 0 aromatic heterocycles. The summed E-state index contributed by atoms with van der Waals surface area (Å²) in [6, 6.07) is 7.02. The molecular formula is C11H12N2O2. The van der Waals surface area contributed by atoms with Gasteiger partial charge in [0.25, 0.3) is 0 Å². The van der Waals surface area contributed by atoms with Crippen LogP contribution in [-0.4, -0.2) is 25.2 Å². The summed E-state index contributed by atoms with van der Waals surface area (Å²) in [6.07, 6.45) is 0.120. The minimum absolute atomic E-state index is 0.120. The molecule has 1 aromatic rings. The third-order valence-electron chi connectivity index (χ3n) is 2.11. The van der Waals surface area contributed by atoms with Gasteiger partial charge in [0.15, 0.2) is 0 Å². The van der Waals surface area contributed by atoms with Crippen LogP contribution in [-0.2, 0) is 6.42 Å². The van der Waals surface area contributed by atoms with E-state index < -0.39 is 5.97 Å². The first-order valence-corrected chi connectivity index (χ1v) is 4.46. The molecule has 1 N–H and O–H groups in total. The summed E-state index contributed by atoms with van der Waals surface area (Å²) in [6.45, 7) is 0. The lowest BCUT2D eigenvalue weighted by atomic mass is 10.0. The van der Waals surface area contributed by atoms with Gasteiger partial charge >= 0.3 is 5.97 Å². The summed E-state index contributed by atoms with van der Waals surface area (Å²) in [5.74, 6) is -0.996. The maximum atomic E-state index is 10.9. The molecule has 0 unspecified atom stereocenters. The smallest absolute Gasteiger partial charge is 0.336 e. The van der Waals surface area contributed by atoms with E-state index in [1.54, 1.807) is 18.2 Å². The average molecular weight is 204 g/mol. The normalized spacial score (nSPS) is 9.40. The predicted molar refractivity (Wildman–Crippen MR) is 57.0 cm³/mol. The fraction of sp³-hybridized carbons (Fsp3) is 0.273. The molecule has 4 nitrogen and oxygen atoms in total. The van der Waals surface area contributed by atoms with E-state index in [1.165, 1.54) is 0 Å². The Morgan fingerprint density at radius 3 is 2.67 bits per heavy atom. The molecule has 4 heteroatoms. The van der Waals surface area contributed by atoms with Crippen LogP contribution < -0.4 is 4.90 Å². The molecule has 0 saturated heterocycles. The van der Waals surface area contributed by atoms with Crippen molar-refractivity contribution >= 4 is 11.7 Å². The van der Waals surface area contributed by atoms with Crippen LogP contribution in [0.2, 0.25) is 0 Å². The van der Waals surface area contributed by atoms with E-state index in [-0.39, 0.29) is 12.0 Å². The fourth-order valence-corrected chi connectivity index (χ4v) is 1.28. The monoisotopic (exact) mass is 204 g/mol. The Kier molecular flexibility index (Phi) is 3.29. The SMILES string of the molecule is CN(C)c1ccc(CC#N)c(C(=O)O)c1. The summed E-state index contributed by atoms with van der Waals surface area (Å²) in [4.78, 5) is 12.8. The summed E-state index contributed by atoms with van der Waals surface area (Å²) in [7, 11) is 3.68. The van der Waals surface area contributed by atoms with Crippen molar-refractivity contribution in [2.45, 2.75) is 6.42 Å². The van der Waals surface area contributed by atoms with Gasteiger partial charge in [-0.2, -0.15) is 5.26 Å². The maximum absolute atomic E-state index is 10.9. The first-order chi connectivity index (χ1) is 7.06. The van der Waals surface area contributed by atoms with Crippen LogP contribution >= 0.6 is 0 Å². The number of hydrogen-bond donors (Lipinski definition) is 1. The number of aromatic carboxylic acids is 1. The standard InChI is InChI=1S/C11H12N2O2/c1-13(2)9-4-3-8(5-6-12)10(7-9)11(14)15/h3-4,7H,5H2,1-2H3,(H,14,15). The summed E-state index contributed by atoms with van der Waals surface area (Å²) >= 11 is 0. The second-order valence-electron chi connectivity index (χ2n) is 3.38. The van der Waals surface area contributed by atoms with E-state index in [4.69, 9.17) is 10.4 Å². The molecule has 0 aliphatic carbocycles. The summed E-state index contributed by atoms with van der Waals surface area (Å²) < 4.78 is 0. The Bertz CT molecular complexity index is 419. The molecule has 0 aliphatic heterocycles. The molecule has 1 rings (SSSR count). The van der Waals surface area contributed by atoms with Gasteiger partial charge in [0.2, 0.25) is 0 Å². The number of benzene rings is 1. The molecule has 0 bridgehead atoms. The number of carbonyl (C=O) groups is 1. The number of nitriles is 1. The molecule has 0 radical (unpaired) electrons. The van der Waals surface area contributed by atoms with Gasteiger partial charge in [0.05, 0.1) is 18.1 Å². The first kappa shape index (κ1) is 11.1. The number of hydrogen-bond acceptors (Lipinski definition) is 3. The van der Waals surface area contributed by atoms with Crippen LogP contribution in [0.25, 0.3) is 0 Å². The molecule has 78 valence electrons. The van der Waals surface area contributed by atoms with Crippen molar-refractivity contribution in [1.82, 2.24) is 0 Å². The third-order valence-corrected chi connectivity index (χ3v) is 2.11. The number of carboxylic acids is 1. The van der Waals surface area contributed by atoms with Gasteiger partial charge in [-0.3, -0.25) is 0 Å². The second kappa shape index (κ2) is 4.47. The number of rotatable bonds is 3. The number of nitrogens with zero attached hydrogens (tertiary/aromatic N) is 2. The third kappa shape index (κ3) is 2.47. The zero-order chi connectivity index (χ0) is 11.4. The molecule has 0 saturated carbocycles. The van der Waals surface area contributed by atoms with Crippen molar-refractivity contribution in [3.63, 3.8) is 0 Å². The van der Waals surface area contributed by atoms with Gasteiger partial charge in [-0.15, -0.1) is 0 Å². The summed E-state index contributed by atoms with van der Waals surface area (Å²) in [5.41, 5.74) is 1.56. The second-order valence-corrected chi connectivity index (χ2v) is 3.38. The highest BCUT2D eigenvalue weighted by atomic mass is 16.4. The van der Waals surface area contributed by atoms with Crippen molar-refractivity contribution in [2.24, 2.45) is 0 Å². The topological polar surface area (TPSA) is 64.3 Å². The molecule has 0 fully saturated rings. The zero-order valence-electron chi connectivity index (χ0n) is 8.69. The van der Waals surface area contributed by atoms with Gasteiger partial charge in [0.1, 0.15) is 0 Å². The highest BCUT2D eigenvalue weighted by Crippen LogP contribution is 2.18. The molecule has 0 amide bonds. The fourth-order valence-electron chi connectivity index (χ4n) is 1.28. The zero-order valence-corrected chi connectivity index (χ0v) is 8.69. The average Bonchev–Trinajstić information content (AvgIpc) is 2.18. The Balaban J connectivity index is 3.22. The van der Waals surface area contributed by atoms with Crippen LogP contribution in [0.3, 0.4) is 0 Å². The van der Waals surface area contributed by atoms with Crippen LogP contribution in [0.1, 0.15) is 15.9 Å². The largest absolute Gasteiger partial charge is 0.478 e. The molecular weight excluding hydrogens is 192 g/mol. The highest BCUT2D eigenvalue weighted by molar-refractivity contribution is 5.90. The lowest BCUT2D eigenvalue weighted by molar-refractivity contribution is 0.0696. The van der Waals surface area contributed by atoms with E-state index in [0.717, 1.165) is 5.69 Å². The van der Waals surface area contributed by atoms with Gasteiger partial charge in [-0.1, -0.05) is 6.07 Å². The van der Waals surface area contributed by atoms with Crippen LogP contribution in [0.15, 0.2) is 18.2 Å². The first-order valence-electron chi connectivity index (χ1n) is 4.46. The lowest BCUT2D eigenvalue weighted by Crippen LogP contribution is -2.11. The Morgan fingerprint density at radius 2 is 2.20 bits per heavy atom. The lowest BCUT2D eigenvalue weighted by Gasteiger charge is -2.14. The van der Waals surface area contributed by atoms with Crippen molar-refractivity contribution in [2.75, 3.05) is 19.0 Å². The molecule has 0 heterocycles. The van der Waals surface area contributed by atoms with E-state index in [9.17, 15) is 4.79 Å². The minimum atomic E-state index is -0.996. The van der Waals surface area contributed by atoms with Gasteiger partial charge in [0, 0.05) is 19.8 Å². The van der Waals surface area contributed by atoms with E-state index >= 15 is 0 Å². The van der Waals surface area contributed by atoms with Crippen LogP contribution in [0.5, 0.6) is 0 Å². The molecule has 0 spiro atoms. The maximum Gasteiger partial charge on any atom is 0.336 e. The molecule has 15 heavy (non-hydrogen) atoms. The molecule has 0 atom stereocenters. The molecule has 0 aliphatic rings. The highest BCUT2D eigenvalue weighted by Gasteiger charge is 2.11. The number of anilines is 1. The number of carboxylic acid groups (broad SMARTS) is 1. The Morgan fingerprint density at radius 1 is 1.53 bits per heavy atom. The van der Waals surface area contributed by atoms with Gasteiger partial charge in [-0.25, -0.2) is 4.79 Å².